The quantitative estimate of drug-likeness (QED) is 0.470. The van der Waals surface area contributed by atoms with Crippen LogP contribution in [0.15, 0.2) is 84.5 Å². The Morgan fingerprint density at radius 3 is 2.45 bits per heavy atom. The summed E-state index contributed by atoms with van der Waals surface area (Å²) in [6, 6.07) is 16.9. The van der Waals surface area contributed by atoms with Gasteiger partial charge in [-0.2, -0.15) is 0 Å². The average Bonchev–Trinajstić information content (AvgIpc) is 3.20. The van der Waals surface area contributed by atoms with Gasteiger partial charge in [-0.3, -0.25) is 4.79 Å². The fourth-order valence-electron chi connectivity index (χ4n) is 3.15. The molecule has 0 saturated heterocycles. The topological polar surface area (TPSA) is 56.2 Å². The van der Waals surface area contributed by atoms with Gasteiger partial charge in [0.2, 0.25) is 5.91 Å². The molecule has 0 aliphatic heterocycles. The first-order valence-corrected chi connectivity index (χ1v) is 10.1. The monoisotopic (exact) mass is 391 g/mol. The largest absolute Gasteiger partial charge is 0.464 e. The van der Waals surface area contributed by atoms with Crippen molar-refractivity contribution in [2.45, 2.75) is 40.0 Å². The molecule has 3 nitrogen and oxygen atoms in total. The van der Waals surface area contributed by atoms with Gasteiger partial charge in [0.25, 0.3) is 0 Å². The fourth-order valence-corrected chi connectivity index (χ4v) is 3.15. The lowest BCUT2D eigenvalue weighted by Gasteiger charge is -2.10. The summed E-state index contributed by atoms with van der Waals surface area (Å²) in [5.41, 5.74) is 9.89. The van der Waals surface area contributed by atoms with Gasteiger partial charge in [0.1, 0.15) is 5.58 Å². The highest BCUT2D eigenvalue weighted by atomic mass is 16.3. The lowest BCUT2D eigenvalue weighted by atomic mass is 9.95. The Labute approximate surface area is 174 Å². The van der Waals surface area contributed by atoms with Crippen LogP contribution in [0.3, 0.4) is 0 Å². The molecule has 0 aliphatic rings. The Bertz CT molecular complexity index is 893. The van der Waals surface area contributed by atoms with Crippen molar-refractivity contribution in [3.63, 3.8) is 0 Å². The van der Waals surface area contributed by atoms with E-state index in [1.54, 1.807) is 6.26 Å². The van der Waals surface area contributed by atoms with Gasteiger partial charge in [0, 0.05) is 23.8 Å². The number of allylic oxidation sites excluding steroid dienone is 1. The van der Waals surface area contributed by atoms with Crippen molar-refractivity contribution >= 4 is 16.9 Å². The summed E-state index contributed by atoms with van der Waals surface area (Å²) in [6.07, 6.45) is 7.72. The SMILES string of the molecule is C=C.CC.CC(C=CCC(N)=O)Cc1cc(Cc2ccccc2)c2occc2c1. The minimum absolute atomic E-state index is 0.296. The van der Waals surface area contributed by atoms with Gasteiger partial charge < -0.3 is 10.2 Å². The molecule has 1 amide bonds. The van der Waals surface area contributed by atoms with E-state index in [1.807, 2.05) is 32.1 Å². The van der Waals surface area contributed by atoms with Crippen molar-refractivity contribution in [1.82, 2.24) is 0 Å². The number of benzene rings is 2. The lowest BCUT2D eigenvalue weighted by Crippen LogP contribution is -2.08. The zero-order valence-corrected chi connectivity index (χ0v) is 17.9. The predicted molar refractivity (Wildman–Crippen MR) is 124 cm³/mol. The van der Waals surface area contributed by atoms with E-state index in [4.69, 9.17) is 10.2 Å². The minimum Gasteiger partial charge on any atom is -0.464 e. The van der Waals surface area contributed by atoms with Crippen LogP contribution in [-0.4, -0.2) is 5.91 Å². The van der Waals surface area contributed by atoms with Gasteiger partial charge in [0.05, 0.1) is 6.26 Å². The van der Waals surface area contributed by atoms with Crippen LogP contribution in [0.4, 0.5) is 0 Å². The van der Waals surface area contributed by atoms with Crippen molar-refractivity contribution in [3.05, 3.63) is 96.8 Å². The molecule has 3 heteroatoms. The molecule has 1 atom stereocenters. The number of primary amides is 1. The zero-order chi connectivity index (χ0) is 21.6. The number of nitrogens with two attached hydrogens (primary N) is 1. The van der Waals surface area contributed by atoms with Crippen LogP contribution in [0.5, 0.6) is 0 Å². The van der Waals surface area contributed by atoms with E-state index in [0.717, 1.165) is 23.8 Å². The zero-order valence-electron chi connectivity index (χ0n) is 17.9. The molecule has 0 fully saturated rings. The Hall–Kier alpha value is -3.07. The Balaban J connectivity index is 0.000000989. The normalized spacial score (nSPS) is 11.3. The van der Waals surface area contributed by atoms with Gasteiger partial charge >= 0.3 is 0 Å². The van der Waals surface area contributed by atoms with Crippen molar-refractivity contribution in [3.8, 4) is 0 Å². The highest BCUT2D eigenvalue weighted by molar-refractivity contribution is 5.81. The number of amides is 1. The van der Waals surface area contributed by atoms with Crippen LogP contribution in [0.25, 0.3) is 11.0 Å². The van der Waals surface area contributed by atoms with E-state index < -0.39 is 0 Å². The molecule has 3 rings (SSSR count). The maximum atomic E-state index is 10.8. The molecule has 2 N–H and O–H groups in total. The van der Waals surface area contributed by atoms with Crippen LogP contribution in [0, 0.1) is 5.92 Å². The van der Waals surface area contributed by atoms with E-state index in [9.17, 15) is 4.79 Å². The Morgan fingerprint density at radius 2 is 1.79 bits per heavy atom. The van der Waals surface area contributed by atoms with Crippen LogP contribution in [0.1, 0.15) is 43.9 Å². The second-order valence-corrected chi connectivity index (χ2v) is 6.54. The number of hydrogen-bond acceptors (Lipinski definition) is 2. The van der Waals surface area contributed by atoms with Crippen molar-refractivity contribution in [2.75, 3.05) is 0 Å². The average molecular weight is 392 g/mol. The van der Waals surface area contributed by atoms with Crippen molar-refractivity contribution < 1.29 is 9.21 Å². The number of carbonyl (C=O) groups excluding carboxylic acids is 1. The van der Waals surface area contributed by atoms with E-state index in [0.29, 0.717) is 12.3 Å². The molecule has 1 heterocycles. The number of fused-ring (bicyclic) bond motifs is 1. The third-order valence-electron chi connectivity index (χ3n) is 4.27. The Kier molecular flexibility index (Phi) is 10.9. The molecule has 0 spiro atoms. The molecule has 29 heavy (non-hydrogen) atoms. The first kappa shape index (κ1) is 24.0. The molecular formula is C26H33NO2. The van der Waals surface area contributed by atoms with Crippen LogP contribution < -0.4 is 5.73 Å². The molecule has 1 aromatic heterocycles. The molecule has 154 valence electrons. The van der Waals surface area contributed by atoms with E-state index >= 15 is 0 Å². The molecule has 0 radical (unpaired) electrons. The standard InChI is InChI=1S/C22H23NO2.C2H6.C2H4/c1-16(6-5-9-21(23)24)12-18-14-19-10-11-25-22(19)20(15-18)13-17-7-3-2-4-8-17;2*1-2/h2-8,10-11,14-16H,9,12-13H2,1H3,(H2,23,24);1-2H3;1-2H2. The van der Waals surface area contributed by atoms with E-state index in [1.165, 1.54) is 16.7 Å². The Morgan fingerprint density at radius 1 is 1.10 bits per heavy atom. The van der Waals surface area contributed by atoms with Crippen LogP contribution in [0.2, 0.25) is 0 Å². The molecular weight excluding hydrogens is 358 g/mol. The summed E-state index contributed by atoms with van der Waals surface area (Å²) in [7, 11) is 0. The highest BCUT2D eigenvalue weighted by Gasteiger charge is 2.10. The second kappa shape index (κ2) is 13.2. The molecule has 0 saturated carbocycles. The van der Waals surface area contributed by atoms with E-state index in [-0.39, 0.29) is 5.91 Å². The predicted octanol–water partition coefficient (Wildman–Crippen LogP) is 6.46. The number of hydrogen-bond donors (Lipinski definition) is 1. The van der Waals surface area contributed by atoms with Crippen LogP contribution in [-0.2, 0) is 17.6 Å². The van der Waals surface area contributed by atoms with Gasteiger partial charge in [-0.15, -0.1) is 13.2 Å². The van der Waals surface area contributed by atoms with E-state index in [2.05, 4.69) is 62.6 Å². The third kappa shape index (κ3) is 7.82. The second-order valence-electron chi connectivity index (χ2n) is 6.54. The van der Waals surface area contributed by atoms with Gasteiger partial charge in [-0.1, -0.05) is 69.3 Å². The number of furan rings is 1. The summed E-state index contributed by atoms with van der Waals surface area (Å²) in [6.45, 7) is 12.1. The van der Waals surface area contributed by atoms with Crippen molar-refractivity contribution in [1.29, 1.82) is 0 Å². The number of carbonyl (C=O) groups is 1. The molecule has 3 aromatic rings. The summed E-state index contributed by atoms with van der Waals surface area (Å²) in [5.74, 6) is 0.0432. The van der Waals surface area contributed by atoms with Gasteiger partial charge in [0.15, 0.2) is 0 Å². The summed E-state index contributed by atoms with van der Waals surface area (Å²) < 4.78 is 5.71. The molecule has 0 bridgehead atoms. The summed E-state index contributed by atoms with van der Waals surface area (Å²) in [5, 5.41) is 1.14. The maximum absolute atomic E-state index is 10.8. The first-order chi connectivity index (χ1) is 14.1. The number of rotatable bonds is 7. The summed E-state index contributed by atoms with van der Waals surface area (Å²) >= 11 is 0. The van der Waals surface area contributed by atoms with Gasteiger partial charge in [-0.05, 0) is 35.6 Å². The van der Waals surface area contributed by atoms with Crippen LogP contribution >= 0.6 is 0 Å². The highest BCUT2D eigenvalue weighted by Crippen LogP contribution is 2.26. The first-order valence-electron chi connectivity index (χ1n) is 10.1. The minimum atomic E-state index is -0.298. The lowest BCUT2D eigenvalue weighted by molar-refractivity contribution is -0.117. The summed E-state index contributed by atoms with van der Waals surface area (Å²) in [4.78, 5) is 10.8. The fraction of sp³-hybridized carbons (Fsp3) is 0.269. The van der Waals surface area contributed by atoms with Crippen molar-refractivity contribution in [2.24, 2.45) is 11.7 Å². The molecule has 2 aromatic carbocycles. The van der Waals surface area contributed by atoms with Gasteiger partial charge in [-0.25, -0.2) is 0 Å². The smallest absolute Gasteiger partial charge is 0.221 e. The third-order valence-corrected chi connectivity index (χ3v) is 4.27. The maximum Gasteiger partial charge on any atom is 0.221 e. The molecule has 1 unspecified atom stereocenters. The molecule has 0 aliphatic carbocycles.